The van der Waals surface area contributed by atoms with Crippen molar-refractivity contribution in [1.29, 1.82) is 0 Å². The van der Waals surface area contributed by atoms with Gasteiger partial charge in [-0.2, -0.15) is 0 Å². The summed E-state index contributed by atoms with van der Waals surface area (Å²) in [5.74, 6) is -0.653. The second kappa shape index (κ2) is 4.43. The zero-order valence-corrected chi connectivity index (χ0v) is 12.9. The van der Waals surface area contributed by atoms with Crippen LogP contribution in [-0.4, -0.2) is 24.9 Å². The number of hydrogen-bond acceptors (Lipinski definition) is 4. The lowest BCUT2D eigenvalue weighted by atomic mass is 10.0. The molecule has 1 atom stereocenters. The van der Waals surface area contributed by atoms with Crippen LogP contribution in [0.3, 0.4) is 0 Å². The fraction of sp³-hybridized carbons (Fsp3) is 0.571. The SMILES string of the molecule is CC1(C)CC(S(=O)(=O)c2cc(N)cc(F)c2)C(C)(C)O1. The molecule has 2 rings (SSSR count). The highest BCUT2D eigenvalue weighted by atomic mass is 32.2. The molecule has 1 heterocycles. The first kappa shape index (κ1) is 15.3. The molecule has 1 aromatic carbocycles. The van der Waals surface area contributed by atoms with Crippen LogP contribution in [0.2, 0.25) is 0 Å². The molecular formula is C14H20FNO3S. The highest BCUT2D eigenvalue weighted by molar-refractivity contribution is 7.92. The topological polar surface area (TPSA) is 69.4 Å². The van der Waals surface area contributed by atoms with Crippen molar-refractivity contribution in [2.75, 3.05) is 5.73 Å². The van der Waals surface area contributed by atoms with E-state index < -0.39 is 32.1 Å². The maximum Gasteiger partial charge on any atom is 0.184 e. The minimum atomic E-state index is -3.71. The quantitative estimate of drug-likeness (QED) is 0.852. The van der Waals surface area contributed by atoms with Crippen LogP contribution in [0.4, 0.5) is 10.1 Å². The zero-order chi connectivity index (χ0) is 15.3. The molecule has 0 radical (unpaired) electrons. The Kier molecular flexibility index (Phi) is 3.38. The lowest BCUT2D eigenvalue weighted by Crippen LogP contribution is -2.38. The lowest BCUT2D eigenvalue weighted by Gasteiger charge is -2.27. The molecule has 0 bridgehead atoms. The van der Waals surface area contributed by atoms with E-state index in [0.29, 0.717) is 6.42 Å². The third kappa shape index (κ3) is 2.67. The molecule has 1 fully saturated rings. The fourth-order valence-corrected chi connectivity index (χ4v) is 5.23. The first-order valence-electron chi connectivity index (χ1n) is 6.44. The fourth-order valence-electron chi connectivity index (χ4n) is 2.91. The van der Waals surface area contributed by atoms with Gasteiger partial charge in [0.15, 0.2) is 9.84 Å². The summed E-state index contributed by atoms with van der Waals surface area (Å²) in [6.07, 6.45) is 0.360. The first-order valence-corrected chi connectivity index (χ1v) is 7.99. The van der Waals surface area contributed by atoms with Gasteiger partial charge < -0.3 is 10.5 Å². The van der Waals surface area contributed by atoms with Crippen LogP contribution >= 0.6 is 0 Å². The Morgan fingerprint density at radius 1 is 1.25 bits per heavy atom. The molecule has 1 unspecified atom stereocenters. The summed E-state index contributed by atoms with van der Waals surface area (Å²) >= 11 is 0. The maximum absolute atomic E-state index is 13.4. The van der Waals surface area contributed by atoms with Gasteiger partial charge in [0.1, 0.15) is 5.82 Å². The van der Waals surface area contributed by atoms with Crippen LogP contribution in [-0.2, 0) is 14.6 Å². The maximum atomic E-state index is 13.4. The lowest BCUT2D eigenvalue weighted by molar-refractivity contribution is -0.0635. The molecule has 4 nitrogen and oxygen atoms in total. The van der Waals surface area contributed by atoms with E-state index in [4.69, 9.17) is 10.5 Å². The third-order valence-electron chi connectivity index (χ3n) is 3.59. The van der Waals surface area contributed by atoms with Crippen molar-refractivity contribution < 1.29 is 17.5 Å². The largest absolute Gasteiger partial charge is 0.399 e. The molecule has 1 aliphatic heterocycles. The van der Waals surface area contributed by atoms with Gasteiger partial charge in [-0.1, -0.05) is 0 Å². The summed E-state index contributed by atoms with van der Waals surface area (Å²) in [7, 11) is -3.71. The Hall–Kier alpha value is -1.14. The number of ether oxygens (including phenoxy) is 1. The Morgan fingerprint density at radius 3 is 2.30 bits per heavy atom. The number of hydrogen-bond donors (Lipinski definition) is 1. The van der Waals surface area contributed by atoms with Gasteiger partial charge in [0.2, 0.25) is 0 Å². The van der Waals surface area contributed by atoms with E-state index in [1.807, 2.05) is 13.8 Å². The number of nitrogens with two attached hydrogens (primary N) is 1. The van der Waals surface area contributed by atoms with Crippen LogP contribution in [0.5, 0.6) is 0 Å². The van der Waals surface area contributed by atoms with E-state index in [9.17, 15) is 12.8 Å². The Balaban J connectivity index is 2.50. The van der Waals surface area contributed by atoms with E-state index in [2.05, 4.69) is 0 Å². The van der Waals surface area contributed by atoms with Gasteiger partial charge in [-0.15, -0.1) is 0 Å². The Bertz CT molecular complexity index is 618. The van der Waals surface area contributed by atoms with Gasteiger partial charge >= 0.3 is 0 Å². The number of nitrogen functional groups attached to an aromatic ring is 1. The van der Waals surface area contributed by atoms with E-state index in [-0.39, 0.29) is 10.6 Å². The van der Waals surface area contributed by atoms with Crippen molar-refractivity contribution in [2.24, 2.45) is 0 Å². The highest BCUT2D eigenvalue weighted by Gasteiger charge is 2.52. The predicted molar refractivity (Wildman–Crippen MR) is 75.6 cm³/mol. The number of rotatable bonds is 2. The average molecular weight is 301 g/mol. The van der Waals surface area contributed by atoms with E-state index in [1.165, 1.54) is 6.07 Å². The van der Waals surface area contributed by atoms with Crippen molar-refractivity contribution in [3.63, 3.8) is 0 Å². The molecule has 20 heavy (non-hydrogen) atoms. The molecule has 1 saturated heterocycles. The van der Waals surface area contributed by atoms with Crippen LogP contribution in [0, 0.1) is 5.82 Å². The smallest absolute Gasteiger partial charge is 0.184 e. The second-order valence-electron chi connectivity index (χ2n) is 6.42. The minimum Gasteiger partial charge on any atom is -0.399 e. The summed E-state index contributed by atoms with van der Waals surface area (Å²) in [5, 5.41) is -0.730. The molecule has 1 aromatic rings. The molecule has 0 saturated carbocycles. The minimum absolute atomic E-state index is 0.0885. The van der Waals surface area contributed by atoms with Crippen molar-refractivity contribution in [1.82, 2.24) is 0 Å². The van der Waals surface area contributed by atoms with Crippen molar-refractivity contribution in [2.45, 2.75) is 55.5 Å². The first-order chi connectivity index (χ1) is 8.94. The summed E-state index contributed by atoms with van der Waals surface area (Å²) in [6.45, 7) is 7.19. The normalized spacial score (nSPS) is 24.8. The van der Waals surface area contributed by atoms with Crippen LogP contribution in [0.15, 0.2) is 23.1 Å². The number of halogens is 1. The van der Waals surface area contributed by atoms with E-state index >= 15 is 0 Å². The molecule has 6 heteroatoms. The molecule has 0 aliphatic carbocycles. The van der Waals surface area contributed by atoms with E-state index in [1.54, 1.807) is 13.8 Å². The summed E-state index contributed by atoms with van der Waals surface area (Å²) in [4.78, 5) is -0.0885. The average Bonchev–Trinajstić information content (AvgIpc) is 2.45. The van der Waals surface area contributed by atoms with Crippen molar-refractivity contribution in [3.05, 3.63) is 24.0 Å². The second-order valence-corrected chi connectivity index (χ2v) is 8.55. The third-order valence-corrected chi connectivity index (χ3v) is 5.96. The molecule has 112 valence electrons. The van der Waals surface area contributed by atoms with Crippen LogP contribution < -0.4 is 5.73 Å². The van der Waals surface area contributed by atoms with Gasteiger partial charge in [0.25, 0.3) is 0 Å². The number of anilines is 1. The van der Waals surface area contributed by atoms with Crippen LogP contribution in [0.1, 0.15) is 34.1 Å². The standard InChI is InChI=1S/C14H20FNO3S/c1-13(2)8-12(14(3,4)19-13)20(17,18)11-6-9(15)5-10(16)7-11/h5-7,12H,8,16H2,1-4H3. The molecule has 2 N–H and O–H groups in total. The molecule has 1 aliphatic rings. The summed E-state index contributed by atoms with van der Waals surface area (Å²) < 4.78 is 44.7. The van der Waals surface area contributed by atoms with Gasteiger partial charge in [-0.05, 0) is 52.3 Å². The Labute approximate surface area is 119 Å². The summed E-state index contributed by atoms with van der Waals surface area (Å²) in [5.41, 5.74) is 4.28. The Morgan fingerprint density at radius 2 is 1.85 bits per heavy atom. The predicted octanol–water partition coefficient (Wildman–Crippen LogP) is 2.53. The highest BCUT2D eigenvalue weighted by Crippen LogP contribution is 2.43. The van der Waals surface area contributed by atoms with E-state index in [0.717, 1.165) is 12.1 Å². The van der Waals surface area contributed by atoms with Gasteiger partial charge in [0, 0.05) is 5.69 Å². The van der Waals surface area contributed by atoms with Crippen LogP contribution in [0.25, 0.3) is 0 Å². The molecule has 0 spiro atoms. The molecule has 0 aromatic heterocycles. The number of benzene rings is 1. The van der Waals surface area contributed by atoms with Gasteiger partial charge in [-0.3, -0.25) is 0 Å². The molecular weight excluding hydrogens is 281 g/mol. The van der Waals surface area contributed by atoms with Crippen molar-refractivity contribution in [3.8, 4) is 0 Å². The van der Waals surface area contributed by atoms with Gasteiger partial charge in [-0.25, -0.2) is 12.8 Å². The summed E-state index contributed by atoms with van der Waals surface area (Å²) in [6, 6.07) is 3.39. The van der Waals surface area contributed by atoms with Crippen molar-refractivity contribution >= 4 is 15.5 Å². The number of sulfone groups is 1. The monoisotopic (exact) mass is 301 g/mol. The molecule has 0 amide bonds. The zero-order valence-electron chi connectivity index (χ0n) is 12.1. The van der Waals surface area contributed by atoms with Gasteiger partial charge in [0.05, 0.1) is 21.3 Å².